The minimum atomic E-state index is -0.0315. The van der Waals surface area contributed by atoms with Crippen LogP contribution in [0.1, 0.15) is 22.2 Å². The zero-order valence-corrected chi connectivity index (χ0v) is 12.0. The Balaban J connectivity index is 2.03. The number of carbonyl (C=O) groups is 1. The Bertz CT molecular complexity index is 653. The van der Waals surface area contributed by atoms with Crippen molar-refractivity contribution in [3.8, 4) is 0 Å². The average Bonchev–Trinajstić information content (AvgIpc) is 2.90. The summed E-state index contributed by atoms with van der Waals surface area (Å²) in [5.41, 5.74) is 8.58. The number of nitrogens with two attached hydrogens (primary N) is 1. The van der Waals surface area contributed by atoms with E-state index in [1.54, 1.807) is 6.07 Å². The molecule has 2 aromatic rings. The van der Waals surface area contributed by atoms with Crippen molar-refractivity contribution in [3.63, 3.8) is 0 Å². The first-order valence-electron chi connectivity index (χ1n) is 6.03. The van der Waals surface area contributed by atoms with E-state index < -0.39 is 0 Å². The lowest BCUT2D eigenvalue weighted by atomic mass is 10.1. The Kier molecular flexibility index (Phi) is 2.99. The molecule has 0 spiro atoms. The normalized spacial score (nSPS) is 17.6. The lowest BCUT2D eigenvalue weighted by molar-refractivity contribution is 0.0985. The van der Waals surface area contributed by atoms with E-state index in [9.17, 15) is 4.79 Å². The molecule has 0 saturated heterocycles. The highest BCUT2D eigenvalue weighted by atomic mass is 35.5. The third kappa shape index (κ3) is 2.01. The van der Waals surface area contributed by atoms with Gasteiger partial charge in [0.2, 0.25) is 0 Å². The van der Waals surface area contributed by atoms with Gasteiger partial charge in [0.05, 0.1) is 5.02 Å². The van der Waals surface area contributed by atoms with Crippen LogP contribution in [-0.4, -0.2) is 11.9 Å². The molecule has 1 atom stereocenters. The Labute approximate surface area is 120 Å². The number of hydrogen-bond acceptors (Lipinski definition) is 3. The van der Waals surface area contributed by atoms with Crippen LogP contribution >= 0.6 is 22.9 Å². The van der Waals surface area contributed by atoms with Crippen molar-refractivity contribution in [1.29, 1.82) is 0 Å². The number of hydrogen-bond donors (Lipinski definition) is 1. The van der Waals surface area contributed by atoms with Crippen molar-refractivity contribution in [2.75, 3.05) is 10.6 Å². The lowest BCUT2D eigenvalue weighted by Gasteiger charge is -2.22. The molecule has 3 nitrogen and oxygen atoms in total. The molecule has 0 aliphatic carbocycles. The van der Waals surface area contributed by atoms with Gasteiger partial charge >= 0.3 is 0 Å². The molecule has 2 heterocycles. The quantitative estimate of drug-likeness (QED) is 0.817. The first kappa shape index (κ1) is 12.5. The molecular weight excluding hydrogens is 280 g/mol. The average molecular weight is 293 g/mol. The molecule has 0 saturated carbocycles. The number of amides is 1. The van der Waals surface area contributed by atoms with E-state index in [0.717, 1.165) is 23.4 Å². The summed E-state index contributed by atoms with van der Waals surface area (Å²) < 4.78 is 0. The maximum Gasteiger partial charge on any atom is 0.270 e. The lowest BCUT2D eigenvalue weighted by Crippen LogP contribution is -2.35. The van der Waals surface area contributed by atoms with Gasteiger partial charge in [-0.25, -0.2) is 0 Å². The SMILES string of the molecule is CC1Cc2cc(N)ccc2N1C(=O)c1sccc1Cl. The molecule has 3 rings (SSSR count). The number of thiophene rings is 1. The molecule has 1 aliphatic rings. The van der Waals surface area contributed by atoms with E-state index in [0.29, 0.717) is 9.90 Å². The Hall–Kier alpha value is -1.52. The Morgan fingerprint density at radius 2 is 2.26 bits per heavy atom. The van der Waals surface area contributed by atoms with Crippen LogP contribution in [0, 0.1) is 0 Å². The van der Waals surface area contributed by atoms with Crippen LogP contribution in [0.15, 0.2) is 29.6 Å². The largest absolute Gasteiger partial charge is 0.399 e. The standard InChI is InChI=1S/C14H13ClN2OS/c1-8-6-9-7-10(16)2-3-12(9)17(8)14(18)13-11(15)4-5-19-13/h2-5,7-8H,6,16H2,1H3. The van der Waals surface area contributed by atoms with Gasteiger partial charge in [-0.05, 0) is 48.6 Å². The Morgan fingerprint density at radius 3 is 2.95 bits per heavy atom. The smallest absolute Gasteiger partial charge is 0.270 e. The van der Waals surface area contributed by atoms with Crippen LogP contribution in [0.2, 0.25) is 5.02 Å². The summed E-state index contributed by atoms with van der Waals surface area (Å²) in [6.45, 7) is 2.04. The second-order valence-corrected chi connectivity index (χ2v) is 6.04. The van der Waals surface area contributed by atoms with E-state index in [4.69, 9.17) is 17.3 Å². The molecule has 1 amide bonds. The van der Waals surface area contributed by atoms with Crippen LogP contribution in [0.5, 0.6) is 0 Å². The molecule has 1 unspecified atom stereocenters. The third-order valence-electron chi connectivity index (χ3n) is 3.35. The molecule has 0 bridgehead atoms. The molecule has 1 aromatic heterocycles. The van der Waals surface area contributed by atoms with Crippen LogP contribution in [0.4, 0.5) is 11.4 Å². The number of benzene rings is 1. The topological polar surface area (TPSA) is 46.3 Å². The minimum Gasteiger partial charge on any atom is -0.399 e. The van der Waals surface area contributed by atoms with Crippen molar-refractivity contribution in [2.24, 2.45) is 0 Å². The fraction of sp³-hybridized carbons (Fsp3) is 0.214. The second-order valence-electron chi connectivity index (χ2n) is 4.71. The molecule has 19 heavy (non-hydrogen) atoms. The van der Waals surface area contributed by atoms with Gasteiger partial charge < -0.3 is 10.6 Å². The van der Waals surface area contributed by atoms with Crippen LogP contribution in [0.3, 0.4) is 0 Å². The second kappa shape index (κ2) is 4.54. The summed E-state index contributed by atoms with van der Waals surface area (Å²) in [5.74, 6) is -0.0315. The van der Waals surface area contributed by atoms with Gasteiger partial charge in [0.15, 0.2) is 0 Å². The highest BCUT2D eigenvalue weighted by Crippen LogP contribution is 2.36. The van der Waals surface area contributed by atoms with Gasteiger partial charge in [0, 0.05) is 17.4 Å². The number of nitrogen functional groups attached to an aromatic ring is 1. The molecule has 0 radical (unpaired) electrons. The number of rotatable bonds is 1. The molecule has 98 valence electrons. The van der Waals surface area contributed by atoms with Crippen molar-refractivity contribution >= 4 is 40.2 Å². The third-order valence-corrected chi connectivity index (χ3v) is 4.68. The van der Waals surface area contributed by atoms with E-state index in [2.05, 4.69) is 0 Å². The predicted octanol–water partition coefficient (Wildman–Crippen LogP) is 3.58. The number of fused-ring (bicyclic) bond motifs is 1. The van der Waals surface area contributed by atoms with Crippen LogP contribution in [0.25, 0.3) is 0 Å². The van der Waals surface area contributed by atoms with Crippen molar-refractivity contribution < 1.29 is 4.79 Å². The van der Waals surface area contributed by atoms with Gasteiger partial charge in [-0.1, -0.05) is 11.6 Å². The fourth-order valence-electron chi connectivity index (χ4n) is 2.52. The number of nitrogens with zero attached hydrogens (tertiary/aromatic N) is 1. The van der Waals surface area contributed by atoms with Crippen molar-refractivity contribution in [2.45, 2.75) is 19.4 Å². The monoisotopic (exact) mass is 292 g/mol. The first-order chi connectivity index (χ1) is 9.08. The molecule has 1 aromatic carbocycles. The van der Waals surface area contributed by atoms with Crippen LogP contribution in [-0.2, 0) is 6.42 Å². The number of carbonyl (C=O) groups excluding carboxylic acids is 1. The maximum atomic E-state index is 12.6. The molecule has 0 fully saturated rings. The van der Waals surface area contributed by atoms with Gasteiger partial charge in [-0.3, -0.25) is 4.79 Å². The van der Waals surface area contributed by atoms with Crippen LogP contribution < -0.4 is 10.6 Å². The molecule has 2 N–H and O–H groups in total. The number of halogens is 1. The zero-order valence-electron chi connectivity index (χ0n) is 10.4. The highest BCUT2D eigenvalue weighted by molar-refractivity contribution is 7.12. The molecule has 5 heteroatoms. The highest BCUT2D eigenvalue weighted by Gasteiger charge is 2.32. The van der Waals surface area contributed by atoms with E-state index in [1.807, 2.05) is 35.4 Å². The van der Waals surface area contributed by atoms with Crippen molar-refractivity contribution in [1.82, 2.24) is 0 Å². The summed E-state index contributed by atoms with van der Waals surface area (Å²) in [6, 6.07) is 7.56. The van der Waals surface area contributed by atoms with Gasteiger partial charge in [-0.15, -0.1) is 11.3 Å². The summed E-state index contributed by atoms with van der Waals surface area (Å²) >= 11 is 7.43. The van der Waals surface area contributed by atoms with E-state index in [-0.39, 0.29) is 11.9 Å². The summed E-state index contributed by atoms with van der Waals surface area (Å²) in [7, 11) is 0. The zero-order chi connectivity index (χ0) is 13.6. The maximum absolute atomic E-state index is 12.6. The van der Waals surface area contributed by atoms with Gasteiger partial charge in [-0.2, -0.15) is 0 Å². The summed E-state index contributed by atoms with van der Waals surface area (Å²) in [5, 5.41) is 2.35. The summed E-state index contributed by atoms with van der Waals surface area (Å²) in [4.78, 5) is 15.0. The number of anilines is 2. The van der Waals surface area contributed by atoms with Gasteiger partial charge in [0.1, 0.15) is 4.88 Å². The first-order valence-corrected chi connectivity index (χ1v) is 7.28. The van der Waals surface area contributed by atoms with E-state index in [1.165, 1.54) is 11.3 Å². The van der Waals surface area contributed by atoms with E-state index >= 15 is 0 Å². The fourth-order valence-corrected chi connectivity index (χ4v) is 3.59. The summed E-state index contributed by atoms with van der Waals surface area (Å²) in [6.07, 6.45) is 0.828. The van der Waals surface area contributed by atoms with Gasteiger partial charge in [0.25, 0.3) is 5.91 Å². The predicted molar refractivity (Wildman–Crippen MR) is 80.2 cm³/mol. The molecular formula is C14H13ClN2OS. The minimum absolute atomic E-state index is 0.0315. The molecule has 1 aliphatic heterocycles. The van der Waals surface area contributed by atoms with Crippen molar-refractivity contribution in [3.05, 3.63) is 45.1 Å². The Morgan fingerprint density at radius 1 is 1.47 bits per heavy atom.